The SMILES string of the molecule is CC.CCOC.CO.O=C/C=C/C1CCCC1. The van der Waals surface area contributed by atoms with Gasteiger partial charge in [-0.3, -0.25) is 4.79 Å². The van der Waals surface area contributed by atoms with Crippen molar-refractivity contribution >= 4 is 6.29 Å². The van der Waals surface area contributed by atoms with Crippen LogP contribution >= 0.6 is 0 Å². The molecule has 3 nitrogen and oxygen atoms in total. The second-order valence-corrected chi connectivity index (χ2v) is 3.14. The number of methoxy groups -OCH3 is 1. The second kappa shape index (κ2) is 24.5. The Bertz CT molecular complexity index is 136. The molecular weight excluding hydrogens is 216 g/mol. The Morgan fingerprint density at radius 1 is 1.24 bits per heavy atom. The van der Waals surface area contributed by atoms with Gasteiger partial charge in [-0.1, -0.05) is 32.8 Å². The molecule has 0 aromatic heterocycles. The summed E-state index contributed by atoms with van der Waals surface area (Å²) < 4.78 is 4.54. The summed E-state index contributed by atoms with van der Waals surface area (Å²) >= 11 is 0. The van der Waals surface area contributed by atoms with E-state index in [-0.39, 0.29) is 0 Å². The lowest BCUT2D eigenvalue weighted by Crippen LogP contribution is -1.84. The Kier molecular flexibility index (Phi) is 31.2. The summed E-state index contributed by atoms with van der Waals surface area (Å²) in [6.07, 6.45) is 9.75. The minimum absolute atomic E-state index is 0.704. The van der Waals surface area contributed by atoms with Crippen LogP contribution in [0.1, 0.15) is 46.5 Å². The number of rotatable bonds is 3. The van der Waals surface area contributed by atoms with Crippen molar-refractivity contribution in [2.24, 2.45) is 5.92 Å². The maximum Gasteiger partial charge on any atom is 0.142 e. The predicted octanol–water partition coefficient (Wildman–Crippen LogP) is 3.22. The molecule has 1 N–H and O–H groups in total. The maximum absolute atomic E-state index is 9.87. The molecular formula is C14H30O3. The van der Waals surface area contributed by atoms with Gasteiger partial charge in [-0.15, -0.1) is 0 Å². The fourth-order valence-corrected chi connectivity index (χ4v) is 1.35. The predicted molar refractivity (Wildman–Crippen MR) is 74.2 cm³/mol. The van der Waals surface area contributed by atoms with Crippen molar-refractivity contribution in [1.29, 1.82) is 0 Å². The first-order valence-electron chi connectivity index (χ1n) is 6.40. The van der Waals surface area contributed by atoms with Crippen LogP contribution in [0.2, 0.25) is 0 Å². The molecule has 17 heavy (non-hydrogen) atoms. The number of aliphatic hydroxyl groups is 1. The van der Waals surface area contributed by atoms with Crippen LogP contribution in [-0.2, 0) is 9.53 Å². The van der Waals surface area contributed by atoms with Crippen LogP contribution in [0.4, 0.5) is 0 Å². The van der Waals surface area contributed by atoms with Crippen LogP contribution in [0.25, 0.3) is 0 Å². The third kappa shape index (κ3) is 21.2. The zero-order valence-corrected chi connectivity index (χ0v) is 12.1. The Morgan fingerprint density at radius 3 is 1.94 bits per heavy atom. The quantitative estimate of drug-likeness (QED) is 0.614. The first-order valence-corrected chi connectivity index (χ1v) is 6.40. The lowest BCUT2D eigenvalue weighted by molar-refractivity contribution is -0.104. The number of carbonyl (C=O) groups is 1. The van der Waals surface area contributed by atoms with Gasteiger partial charge in [0.1, 0.15) is 6.29 Å². The average Bonchev–Trinajstić information content (AvgIpc) is 2.94. The highest BCUT2D eigenvalue weighted by molar-refractivity contribution is 5.64. The molecule has 0 bridgehead atoms. The van der Waals surface area contributed by atoms with Crippen molar-refractivity contribution in [1.82, 2.24) is 0 Å². The zero-order valence-electron chi connectivity index (χ0n) is 12.1. The molecule has 1 fully saturated rings. The molecule has 0 unspecified atom stereocenters. The molecule has 1 saturated carbocycles. The maximum atomic E-state index is 9.87. The van der Waals surface area contributed by atoms with Gasteiger partial charge in [0.15, 0.2) is 0 Å². The molecule has 0 heterocycles. The topological polar surface area (TPSA) is 46.5 Å². The van der Waals surface area contributed by atoms with Gasteiger partial charge in [0.2, 0.25) is 0 Å². The molecule has 0 radical (unpaired) electrons. The second-order valence-electron chi connectivity index (χ2n) is 3.14. The van der Waals surface area contributed by atoms with Gasteiger partial charge in [-0.05, 0) is 31.8 Å². The van der Waals surface area contributed by atoms with E-state index in [1.54, 1.807) is 13.2 Å². The van der Waals surface area contributed by atoms with Gasteiger partial charge in [0.25, 0.3) is 0 Å². The third-order valence-electron chi connectivity index (χ3n) is 2.15. The standard InChI is InChI=1S/C8H12O.C3H8O.C2H6.CH4O/c9-7-3-6-8-4-1-2-5-8;1-3-4-2;2*1-2/h3,6-8H,1-2,4-5H2;3H2,1-2H3;1-2H3;2H,1H3/b6-3+;;;. The lowest BCUT2D eigenvalue weighted by atomic mass is 10.1. The fourth-order valence-electron chi connectivity index (χ4n) is 1.35. The molecule has 1 aliphatic carbocycles. The Labute approximate surface area is 107 Å². The molecule has 1 rings (SSSR count). The number of carbonyl (C=O) groups excluding carboxylic acids is 1. The summed E-state index contributed by atoms with van der Waals surface area (Å²) in [5.74, 6) is 0.704. The van der Waals surface area contributed by atoms with Crippen molar-refractivity contribution in [3.8, 4) is 0 Å². The number of ether oxygens (including phenoxy) is 1. The van der Waals surface area contributed by atoms with Crippen molar-refractivity contribution in [3.05, 3.63) is 12.2 Å². The van der Waals surface area contributed by atoms with Crippen molar-refractivity contribution in [2.75, 3.05) is 20.8 Å². The average molecular weight is 246 g/mol. The van der Waals surface area contributed by atoms with Gasteiger partial charge in [0.05, 0.1) is 0 Å². The molecule has 0 aliphatic heterocycles. The molecule has 0 spiro atoms. The number of allylic oxidation sites excluding steroid dienone is 2. The van der Waals surface area contributed by atoms with Gasteiger partial charge in [-0.25, -0.2) is 0 Å². The molecule has 104 valence electrons. The highest BCUT2D eigenvalue weighted by Crippen LogP contribution is 2.25. The summed E-state index contributed by atoms with van der Waals surface area (Å²) in [6, 6.07) is 0. The molecule has 0 atom stereocenters. The molecule has 0 amide bonds. The largest absolute Gasteiger partial charge is 0.400 e. The van der Waals surface area contributed by atoms with E-state index in [1.807, 2.05) is 26.8 Å². The van der Waals surface area contributed by atoms with E-state index in [1.165, 1.54) is 25.7 Å². The van der Waals surface area contributed by atoms with Crippen molar-refractivity contribution in [2.45, 2.75) is 46.5 Å². The monoisotopic (exact) mass is 246 g/mol. The molecule has 1 aliphatic rings. The Hall–Kier alpha value is -0.670. The van der Waals surface area contributed by atoms with Crippen LogP contribution in [0.15, 0.2) is 12.2 Å². The molecule has 0 saturated heterocycles. The summed E-state index contributed by atoms with van der Waals surface area (Å²) in [7, 11) is 2.68. The van der Waals surface area contributed by atoms with Crippen LogP contribution in [0.3, 0.4) is 0 Å². The van der Waals surface area contributed by atoms with E-state index >= 15 is 0 Å². The van der Waals surface area contributed by atoms with E-state index in [2.05, 4.69) is 4.74 Å². The van der Waals surface area contributed by atoms with Gasteiger partial charge >= 0.3 is 0 Å². The molecule has 0 aromatic carbocycles. The number of hydrogen-bond acceptors (Lipinski definition) is 3. The van der Waals surface area contributed by atoms with Gasteiger partial charge in [-0.2, -0.15) is 0 Å². The number of hydrogen-bond donors (Lipinski definition) is 1. The summed E-state index contributed by atoms with van der Waals surface area (Å²) in [5, 5.41) is 7.00. The van der Waals surface area contributed by atoms with Crippen molar-refractivity contribution < 1.29 is 14.6 Å². The Balaban J connectivity index is -0.000000208. The molecule has 0 aromatic rings. The number of aliphatic hydroxyl groups excluding tert-OH is 1. The minimum Gasteiger partial charge on any atom is -0.400 e. The van der Waals surface area contributed by atoms with Gasteiger partial charge < -0.3 is 9.84 Å². The van der Waals surface area contributed by atoms with E-state index in [0.29, 0.717) is 5.92 Å². The highest BCUT2D eigenvalue weighted by Gasteiger charge is 2.10. The minimum atomic E-state index is 0.704. The van der Waals surface area contributed by atoms with Crippen LogP contribution in [0, 0.1) is 5.92 Å². The van der Waals surface area contributed by atoms with Crippen LogP contribution in [0.5, 0.6) is 0 Å². The lowest BCUT2D eigenvalue weighted by Gasteiger charge is -1.96. The summed E-state index contributed by atoms with van der Waals surface area (Å²) in [5.41, 5.74) is 0. The first kappa shape index (κ1) is 21.6. The Morgan fingerprint density at radius 2 is 1.65 bits per heavy atom. The molecule has 3 heteroatoms. The van der Waals surface area contributed by atoms with Crippen LogP contribution in [-0.4, -0.2) is 32.2 Å². The van der Waals surface area contributed by atoms with E-state index in [4.69, 9.17) is 5.11 Å². The normalized spacial score (nSPS) is 13.8. The third-order valence-corrected chi connectivity index (χ3v) is 2.15. The smallest absolute Gasteiger partial charge is 0.142 e. The van der Waals surface area contributed by atoms with E-state index in [9.17, 15) is 4.79 Å². The van der Waals surface area contributed by atoms with E-state index < -0.39 is 0 Å². The first-order chi connectivity index (χ1) is 8.35. The summed E-state index contributed by atoms with van der Waals surface area (Å²) in [6.45, 7) is 6.78. The summed E-state index contributed by atoms with van der Waals surface area (Å²) in [4.78, 5) is 9.87. The fraction of sp³-hybridized carbons (Fsp3) is 0.786. The zero-order chi connectivity index (χ0) is 13.9. The van der Waals surface area contributed by atoms with Gasteiger partial charge in [0, 0.05) is 20.8 Å². The van der Waals surface area contributed by atoms with Crippen molar-refractivity contribution in [3.63, 3.8) is 0 Å². The highest BCUT2D eigenvalue weighted by atomic mass is 16.5. The van der Waals surface area contributed by atoms with E-state index in [0.717, 1.165) is 20.0 Å². The number of aldehydes is 1. The van der Waals surface area contributed by atoms with Crippen LogP contribution < -0.4 is 0 Å².